The number of hydrogen-bond acceptors (Lipinski definition) is 4. The van der Waals surface area contributed by atoms with Gasteiger partial charge in [0.2, 0.25) is 0 Å². The molecule has 2 aromatic rings. The average Bonchev–Trinajstić information content (AvgIpc) is 3.04. The zero-order valence-electron chi connectivity index (χ0n) is 15.0. The van der Waals surface area contributed by atoms with Crippen LogP contribution in [0.25, 0.3) is 5.69 Å². The van der Waals surface area contributed by atoms with Gasteiger partial charge in [-0.05, 0) is 37.1 Å². The molecule has 0 atom stereocenters. The minimum absolute atomic E-state index is 0.000850. The Morgan fingerprint density at radius 1 is 1.29 bits per heavy atom. The molecule has 2 heterocycles. The Kier molecular flexibility index (Phi) is 5.30. The summed E-state index contributed by atoms with van der Waals surface area (Å²) in [6.45, 7) is 0.239. The van der Waals surface area contributed by atoms with E-state index in [-0.39, 0.29) is 43.6 Å². The van der Waals surface area contributed by atoms with Crippen molar-refractivity contribution in [3.63, 3.8) is 0 Å². The Bertz CT molecular complexity index is 891. The van der Waals surface area contributed by atoms with Crippen molar-refractivity contribution in [2.45, 2.75) is 25.4 Å². The van der Waals surface area contributed by atoms with Crippen LogP contribution in [0.1, 0.15) is 34.6 Å². The van der Waals surface area contributed by atoms with Crippen molar-refractivity contribution >= 4 is 11.9 Å². The molecule has 0 spiro atoms. The van der Waals surface area contributed by atoms with Gasteiger partial charge < -0.3 is 14.7 Å². The average molecular weight is 397 g/mol. The quantitative estimate of drug-likeness (QED) is 0.810. The minimum Gasteiger partial charge on any atom is -0.497 e. The van der Waals surface area contributed by atoms with Crippen LogP contribution < -0.4 is 4.74 Å². The molecule has 1 N–H and O–H groups in total. The highest BCUT2D eigenvalue weighted by Gasteiger charge is 2.43. The zero-order valence-corrected chi connectivity index (χ0v) is 15.0. The molecule has 7 nitrogen and oxygen atoms in total. The zero-order chi connectivity index (χ0) is 20.5. The summed E-state index contributed by atoms with van der Waals surface area (Å²) in [6, 6.07) is 6.16. The lowest BCUT2D eigenvalue weighted by Gasteiger charge is -2.27. The van der Waals surface area contributed by atoms with Crippen molar-refractivity contribution < 1.29 is 32.6 Å². The van der Waals surface area contributed by atoms with Gasteiger partial charge in [0.25, 0.3) is 5.91 Å². The number of amides is 1. The van der Waals surface area contributed by atoms with Gasteiger partial charge in [-0.25, -0.2) is 4.68 Å². The van der Waals surface area contributed by atoms with E-state index in [2.05, 4.69) is 5.10 Å². The number of benzene rings is 1. The molecule has 150 valence electrons. The van der Waals surface area contributed by atoms with Gasteiger partial charge in [-0.1, -0.05) is 0 Å². The van der Waals surface area contributed by atoms with E-state index in [1.807, 2.05) is 0 Å². The van der Waals surface area contributed by atoms with Crippen LogP contribution in [0.4, 0.5) is 13.2 Å². The molecule has 0 unspecified atom stereocenters. The molecular weight excluding hydrogens is 379 g/mol. The maximum atomic E-state index is 13.5. The number of rotatable bonds is 6. The van der Waals surface area contributed by atoms with Gasteiger partial charge in [0, 0.05) is 25.1 Å². The first kappa shape index (κ1) is 19.7. The second-order valence-corrected chi connectivity index (χ2v) is 6.32. The van der Waals surface area contributed by atoms with E-state index >= 15 is 0 Å². The molecule has 1 aromatic heterocycles. The van der Waals surface area contributed by atoms with Crippen molar-refractivity contribution in [1.82, 2.24) is 14.7 Å². The van der Waals surface area contributed by atoms with Crippen LogP contribution in [-0.2, 0) is 17.4 Å². The van der Waals surface area contributed by atoms with Gasteiger partial charge in [0.1, 0.15) is 11.4 Å². The smallest absolute Gasteiger partial charge is 0.435 e. The molecule has 1 amide bonds. The molecule has 0 bridgehead atoms. The Morgan fingerprint density at radius 3 is 2.54 bits per heavy atom. The lowest BCUT2D eigenvalue weighted by Crippen LogP contribution is -2.39. The number of methoxy groups -OCH3 is 1. The highest BCUT2D eigenvalue weighted by atomic mass is 19.4. The van der Waals surface area contributed by atoms with E-state index in [0.29, 0.717) is 11.4 Å². The maximum absolute atomic E-state index is 13.5. The second kappa shape index (κ2) is 7.53. The number of fused-ring (bicyclic) bond motifs is 1. The summed E-state index contributed by atoms with van der Waals surface area (Å²) < 4.78 is 46.4. The van der Waals surface area contributed by atoms with E-state index < -0.39 is 23.7 Å². The summed E-state index contributed by atoms with van der Waals surface area (Å²) in [7, 11) is 1.46. The third-order valence-corrected chi connectivity index (χ3v) is 4.51. The van der Waals surface area contributed by atoms with Crippen molar-refractivity contribution in [3.05, 3.63) is 41.2 Å². The Hall–Kier alpha value is -3.04. The molecule has 0 saturated carbocycles. The van der Waals surface area contributed by atoms with Crippen molar-refractivity contribution in [3.8, 4) is 11.4 Å². The van der Waals surface area contributed by atoms with Crippen LogP contribution in [0.3, 0.4) is 0 Å². The lowest BCUT2D eigenvalue weighted by atomic mass is 10.0. The summed E-state index contributed by atoms with van der Waals surface area (Å²) in [4.78, 5) is 24.9. The highest BCUT2D eigenvalue weighted by Crippen LogP contribution is 2.36. The van der Waals surface area contributed by atoms with Crippen molar-refractivity contribution in [2.24, 2.45) is 0 Å². The second-order valence-electron chi connectivity index (χ2n) is 6.32. The number of carbonyl (C=O) groups is 2. The molecule has 0 fully saturated rings. The van der Waals surface area contributed by atoms with Crippen molar-refractivity contribution in [2.75, 3.05) is 20.2 Å². The van der Waals surface area contributed by atoms with Crippen LogP contribution in [-0.4, -0.2) is 51.9 Å². The van der Waals surface area contributed by atoms with Crippen LogP contribution >= 0.6 is 0 Å². The van der Waals surface area contributed by atoms with E-state index in [1.165, 1.54) is 24.1 Å². The molecule has 1 aliphatic rings. The monoisotopic (exact) mass is 397 g/mol. The molecule has 0 aliphatic carbocycles. The van der Waals surface area contributed by atoms with Gasteiger partial charge in [0.15, 0.2) is 5.69 Å². The summed E-state index contributed by atoms with van der Waals surface area (Å²) in [6.07, 6.45) is -4.59. The predicted octanol–water partition coefficient (Wildman–Crippen LogP) is 2.76. The number of aliphatic carboxylic acids is 1. The summed E-state index contributed by atoms with van der Waals surface area (Å²) in [5, 5.41) is 12.4. The molecule has 28 heavy (non-hydrogen) atoms. The fraction of sp³-hybridized carbons (Fsp3) is 0.389. The van der Waals surface area contributed by atoms with Crippen LogP contribution in [0.15, 0.2) is 24.3 Å². The Labute approximate surface area is 158 Å². The maximum Gasteiger partial charge on any atom is 0.435 e. The molecule has 0 radical (unpaired) electrons. The van der Waals surface area contributed by atoms with Gasteiger partial charge in [0.05, 0.1) is 12.8 Å². The Balaban J connectivity index is 2.01. The van der Waals surface area contributed by atoms with Crippen LogP contribution in [0.5, 0.6) is 5.75 Å². The van der Waals surface area contributed by atoms with E-state index in [4.69, 9.17) is 9.84 Å². The first-order valence-corrected chi connectivity index (χ1v) is 8.57. The fourth-order valence-corrected chi connectivity index (χ4v) is 3.18. The van der Waals surface area contributed by atoms with E-state index in [9.17, 15) is 22.8 Å². The van der Waals surface area contributed by atoms with Crippen LogP contribution in [0, 0.1) is 0 Å². The topological polar surface area (TPSA) is 84.7 Å². The standard InChI is InChI=1S/C18H18F3N3O4/c1-28-12-6-4-11(5-7-12)24-15-13(16(22-24)18(19,20)21)8-10-23(17(15)27)9-2-3-14(25)26/h4-7H,2-3,8-10H2,1H3,(H,25,26). The van der Waals surface area contributed by atoms with Gasteiger partial charge in [-0.2, -0.15) is 18.3 Å². The minimum atomic E-state index is -4.69. The SMILES string of the molecule is COc1ccc(-n2nc(C(F)(F)F)c3c2C(=O)N(CCCC(=O)O)CC3)cc1. The lowest BCUT2D eigenvalue weighted by molar-refractivity contribution is -0.142. The normalized spacial score (nSPS) is 14.1. The molecule has 1 aromatic carbocycles. The van der Waals surface area contributed by atoms with Gasteiger partial charge in [-0.3, -0.25) is 9.59 Å². The Morgan fingerprint density at radius 2 is 1.96 bits per heavy atom. The van der Waals surface area contributed by atoms with E-state index in [1.54, 1.807) is 12.1 Å². The fourth-order valence-electron chi connectivity index (χ4n) is 3.18. The van der Waals surface area contributed by atoms with Crippen molar-refractivity contribution in [1.29, 1.82) is 0 Å². The first-order valence-electron chi connectivity index (χ1n) is 8.57. The number of carboxylic acid groups (broad SMARTS) is 1. The summed E-state index contributed by atoms with van der Waals surface area (Å²) >= 11 is 0. The van der Waals surface area contributed by atoms with E-state index in [0.717, 1.165) is 4.68 Å². The van der Waals surface area contributed by atoms with Gasteiger partial charge >= 0.3 is 12.1 Å². The molecule has 10 heteroatoms. The number of hydrogen-bond donors (Lipinski definition) is 1. The largest absolute Gasteiger partial charge is 0.497 e. The molecule has 1 aliphatic heterocycles. The number of alkyl halides is 3. The highest BCUT2D eigenvalue weighted by molar-refractivity contribution is 5.96. The summed E-state index contributed by atoms with van der Waals surface area (Å²) in [5.41, 5.74) is -1.05. The van der Waals surface area contributed by atoms with Gasteiger partial charge in [-0.15, -0.1) is 0 Å². The predicted molar refractivity (Wildman–Crippen MR) is 91.6 cm³/mol. The first-order chi connectivity index (χ1) is 13.2. The third-order valence-electron chi connectivity index (χ3n) is 4.51. The molecule has 0 saturated heterocycles. The number of aromatic nitrogens is 2. The number of nitrogens with zero attached hydrogens (tertiary/aromatic N) is 3. The summed E-state index contributed by atoms with van der Waals surface area (Å²) in [5.74, 6) is -1.07. The number of carbonyl (C=O) groups excluding carboxylic acids is 1. The number of ether oxygens (including phenoxy) is 1. The third kappa shape index (κ3) is 3.80. The number of halogens is 3. The number of carboxylic acids is 1. The molecular formula is C18H18F3N3O4. The van der Waals surface area contributed by atoms with Crippen LogP contribution in [0.2, 0.25) is 0 Å². The molecule has 3 rings (SSSR count).